The Bertz CT molecular complexity index is 459. The molecule has 0 radical (unpaired) electrons. The van der Waals surface area contributed by atoms with Gasteiger partial charge in [0.05, 0.1) is 6.54 Å². The minimum absolute atomic E-state index is 0.457. The molecule has 0 bridgehead atoms. The van der Waals surface area contributed by atoms with Crippen LogP contribution >= 0.6 is 0 Å². The van der Waals surface area contributed by atoms with E-state index in [0.717, 1.165) is 18.0 Å². The highest BCUT2D eigenvalue weighted by molar-refractivity contribution is 5.39. The van der Waals surface area contributed by atoms with E-state index in [0.29, 0.717) is 6.04 Å². The highest BCUT2D eigenvalue weighted by Crippen LogP contribution is 2.04. The van der Waals surface area contributed by atoms with Crippen LogP contribution in [0, 0.1) is 6.92 Å². The van der Waals surface area contributed by atoms with Crippen molar-refractivity contribution < 1.29 is 0 Å². The Labute approximate surface area is 89.3 Å². The van der Waals surface area contributed by atoms with E-state index in [1.807, 2.05) is 22.8 Å². The molecule has 0 aromatic carbocycles. The molecule has 2 heterocycles. The Morgan fingerprint density at radius 2 is 2.27 bits per heavy atom. The van der Waals surface area contributed by atoms with Crippen molar-refractivity contribution in [3.05, 3.63) is 29.7 Å². The van der Waals surface area contributed by atoms with Crippen LogP contribution in [0.4, 0.5) is 0 Å². The van der Waals surface area contributed by atoms with Gasteiger partial charge in [0.1, 0.15) is 0 Å². The van der Waals surface area contributed by atoms with Crippen LogP contribution in [-0.2, 0) is 6.54 Å². The average molecular weight is 204 g/mol. The highest BCUT2D eigenvalue weighted by atomic mass is 15.3. The number of nitrogens with one attached hydrogen (secondary N) is 1. The number of rotatable bonds is 3. The number of aryl methyl sites for hydroxylation is 1. The largest absolute Gasteiger partial charge is 0.308 e. The number of aromatic nitrogens is 3. The monoisotopic (exact) mass is 204 g/mol. The van der Waals surface area contributed by atoms with Gasteiger partial charge in [-0.05, 0) is 24.6 Å². The fourth-order valence-corrected chi connectivity index (χ4v) is 1.40. The first kappa shape index (κ1) is 10.1. The maximum Gasteiger partial charge on any atom is 0.165 e. The number of fused-ring (bicyclic) bond motifs is 1. The van der Waals surface area contributed by atoms with E-state index >= 15 is 0 Å². The van der Waals surface area contributed by atoms with Crippen molar-refractivity contribution >= 4 is 5.65 Å². The zero-order valence-corrected chi connectivity index (χ0v) is 9.36. The van der Waals surface area contributed by atoms with Gasteiger partial charge in [0.2, 0.25) is 0 Å². The van der Waals surface area contributed by atoms with Gasteiger partial charge in [-0.15, -0.1) is 5.10 Å². The van der Waals surface area contributed by atoms with Gasteiger partial charge in [0.15, 0.2) is 11.5 Å². The SMILES string of the molecule is Cc1ccn2nc(CNC(C)C)nc2c1. The molecule has 0 aliphatic carbocycles. The minimum Gasteiger partial charge on any atom is -0.308 e. The Morgan fingerprint density at radius 3 is 3.00 bits per heavy atom. The number of pyridine rings is 1. The predicted molar refractivity (Wildman–Crippen MR) is 59.7 cm³/mol. The van der Waals surface area contributed by atoms with Crippen molar-refractivity contribution in [2.24, 2.45) is 0 Å². The number of hydrogen-bond donors (Lipinski definition) is 1. The molecule has 0 aliphatic rings. The van der Waals surface area contributed by atoms with Gasteiger partial charge in [0, 0.05) is 12.2 Å². The van der Waals surface area contributed by atoms with E-state index in [-0.39, 0.29) is 0 Å². The molecule has 0 saturated carbocycles. The molecule has 0 aliphatic heterocycles. The van der Waals surface area contributed by atoms with Gasteiger partial charge in [-0.1, -0.05) is 13.8 Å². The molecule has 0 saturated heterocycles. The third-order valence-corrected chi connectivity index (χ3v) is 2.21. The van der Waals surface area contributed by atoms with E-state index in [1.165, 1.54) is 5.56 Å². The second-order valence-corrected chi connectivity index (χ2v) is 4.07. The molecular weight excluding hydrogens is 188 g/mol. The molecular formula is C11H16N4. The minimum atomic E-state index is 0.457. The van der Waals surface area contributed by atoms with Crippen LogP contribution in [-0.4, -0.2) is 20.6 Å². The van der Waals surface area contributed by atoms with Gasteiger partial charge < -0.3 is 5.32 Å². The molecule has 2 aromatic heterocycles. The summed E-state index contributed by atoms with van der Waals surface area (Å²) in [4.78, 5) is 4.43. The van der Waals surface area contributed by atoms with E-state index in [9.17, 15) is 0 Å². The molecule has 1 N–H and O–H groups in total. The third kappa shape index (κ3) is 2.33. The van der Waals surface area contributed by atoms with Crippen LogP contribution in [0.1, 0.15) is 25.2 Å². The predicted octanol–water partition coefficient (Wildman–Crippen LogP) is 1.54. The summed E-state index contributed by atoms with van der Waals surface area (Å²) in [6.45, 7) is 7.00. The molecule has 0 amide bonds. The molecule has 0 atom stereocenters. The van der Waals surface area contributed by atoms with Gasteiger partial charge in [0.25, 0.3) is 0 Å². The smallest absolute Gasteiger partial charge is 0.165 e. The van der Waals surface area contributed by atoms with Gasteiger partial charge in [-0.25, -0.2) is 9.50 Å². The lowest BCUT2D eigenvalue weighted by Crippen LogP contribution is -2.22. The average Bonchev–Trinajstić information content (AvgIpc) is 2.56. The molecule has 0 fully saturated rings. The summed E-state index contributed by atoms with van der Waals surface area (Å²) in [6.07, 6.45) is 1.94. The molecule has 4 nitrogen and oxygen atoms in total. The molecule has 15 heavy (non-hydrogen) atoms. The van der Waals surface area contributed by atoms with Crippen molar-refractivity contribution in [2.75, 3.05) is 0 Å². The Balaban J connectivity index is 2.23. The quantitative estimate of drug-likeness (QED) is 0.824. The molecule has 2 aromatic rings. The first-order valence-corrected chi connectivity index (χ1v) is 5.20. The number of nitrogens with zero attached hydrogens (tertiary/aromatic N) is 3. The molecule has 0 unspecified atom stereocenters. The summed E-state index contributed by atoms with van der Waals surface area (Å²) >= 11 is 0. The second kappa shape index (κ2) is 3.98. The third-order valence-electron chi connectivity index (χ3n) is 2.21. The van der Waals surface area contributed by atoms with E-state index in [2.05, 4.69) is 36.2 Å². The summed E-state index contributed by atoms with van der Waals surface area (Å²) in [6, 6.07) is 4.52. The second-order valence-electron chi connectivity index (χ2n) is 4.07. The normalized spacial score (nSPS) is 11.5. The van der Waals surface area contributed by atoms with Crippen LogP contribution in [0.3, 0.4) is 0 Å². The maximum absolute atomic E-state index is 4.43. The zero-order chi connectivity index (χ0) is 10.8. The fraction of sp³-hybridized carbons (Fsp3) is 0.455. The van der Waals surface area contributed by atoms with Crippen molar-refractivity contribution in [1.29, 1.82) is 0 Å². The first-order chi connectivity index (χ1) is 7.15. The maximum atomic E-state index is 4.43. The topological polar surface area (TPSA) is 42.2 Å². The van der Waals surface area contributed by atoms with Crippen LogP contribution in [0.15, 0.2) is 18.3 Å². The van der Waals surface area contributed by atoms with Gasteiger partial charge in [-0.2, -0.15) is 0 Å². The van der Waals surface area contributed by atoms with Crippen LogP contribution in [0.2, 0.25) is 0 Å². The first-order valence-electron chi connectivity index (χ1n) is 5.20. The lowest BCUT2D eigenvalue weighted by atomic mass is 10.3. The molecule has 80 valence electrons. The van der Waals surface area contributed by atoms with Gasteiger partial charge >= 0.3 is 0 Å². The summed E-state index contributed by atoms with van der Waals surface area (Å²) < 4.78 is 1.81. The summed E-state index contributed by atoms with van der Waals surface area (Å²) in [5.74, 6) is 0.842. The van der Waals surface area contributed by atoms with Crippen molar-refractivity contribution in [2.45, 2.75) is 33.4 Å². The lowest BCUT2D eigenvalue weighted by Gasteiger charge is -2.03. The van der Waals surface area contributed by atoms with Crippen molar-refractivity contribution in [1.82, 2.24) is 19.9 Å². The summed E-state index contributed by atoms with van der Waals surface area (Å²) in [7, 11) is 0. The standard InChI is InChI=1S/C11H16N4/c1-8(2)12-7-10-13-11-6-9(3)4-5-15(11)14-10/h4-6,8,12H,7H2,1-3H3. The van der Waals surface area contributed by atoms with E-state index in [1.54, 1.807) is 0 Å². The molecule has 0 spiro atoms. The van der Waals surface area contributed by atoms with E-state index in [4.69, 9.17) is 0 Å². The number of hydrogen-bond acceptors (Lipinski definition) is 3. The van der Waals surface area contributed by atoms with E-state index < -0.39 is 0 Å². The molecule has 4 heteroatoms. The zero-order valence-electron chi connectivity index (χ0n) is 9.36. The Hall–Kier alpha value is -1.42. The van der Waals surface area contributed by atoms with Crippen LogP contribution in [0.5, 0.6) is 0 Å². The van der Waals surface area contributed by atoms with Crippen LogP contribution < -0.4 is 5.32 Å². The molecule has 2 rings (SSSR count). The lowest BCUT2D eigenvalue weighted by molar-refractivity contribution is 0.572. The fourth-order valence-electron chi connectivity index (χ4n) is 1.40. The highest BCUT2D eigenvalue weighted by Gasteiger charge is 2.03. The summed E-state index contributed by atoms with van der Waals surface area (Å²) in [5, 5.41) is 7.67. The van der Waals surface area contributed by atoms with Crippen molar-refractivity contribution in [3.63, 3.8) is 0 Å². The van der Waals surface area contributed by atoms with Crippen molar-refractivity contribution in [3.8, 4) is 0 Å². The van der Waals surface area contributed by atoms with Crippen LogP contribution in [0.25, 0.3) is 5.65 Å². The van der Waals surface area contributed by atoms with Gasteiger partial charge in [-0.3, -0.25) is 0 Å². The Morgan fingerprint density at radius 1 is 1.47 bits per heavy atom. The Kier molecular flexibility index (Phi) is 2.68. The summed E-state index contributed by atoms with van der Waals surface area (Å²) in [5.41, 5.74) is 2.12.